The van der Waals surface area contributed by atoms with Gasteiger partial charge in [0.05, 0.1) is 0 Å². The van der Waals surface area contributed by atoms with Gasteiger partial charge >= 0.3 is 0 Å². The molecule has 0 atom stereocenters. The molecule has 0 bridgehead atoms. The van der Waals surface area contributed by atoms with Crippen LogP contribution in [-0.4, -0.2) is 23.9 Å². The number of hydrogen-bond acceptors (Lipinski definition) is 2. The Kier molecular flexibility index (Phi) is 3.47. The van der Waals surface area contributed by atoms with E-state index in [1.165, 1.54) is 0 Å². The molecule has 1 saturated heterocycles. The quantitative estimate of drug-likeness (QED) is 0.862. The zero-order chi connectivity index (χ0) is 15.0. The average molecular weight is 286 g/mol. The minimum Gasteiger partial charge on any atom is -0.342 e. The first-order valence-corrected chi connectivity index (χ1v) is 7.71. The molecule has 2 aliphatic rings. The second-order valence-corrected chi connectivity index (χ2v) is 6.39. The lowest BCUT2D eigenvalue weighted by Gasteiger charge is -2.32. The van der Waals surface area contributed by atoms with Crippen molar-refractivity contribution in [3.63, 3.8) is 0 Å². The Morgan fingerprint density at radius 2 is 1.67 bits per heavy atom. The van der Waals surface area contributed by atoms with E-state index < -0.39 is 5.54 Å². The van der Waals surface area contributed by atoms with E-state index >= 15 is 0 Å². The molecule has 0 aromatic heterocycles. The first kappa shape index (κ1) is 14.1. The van der Waals surface area contributed by atoms with Crippen molar-refractivity contribution in [3.8, 4) is 0 Å². The molecule has 0 unspecified atom stereocenters. The molecule has 21 heavy (non-hydrogen) atoms. The number of benzene rings is 1. The Bertz CT molecular complexity index is 568. The molecule has 1 aromatic rings. The Labute approximate surface area is 125 Å². The molecule has 1 aliphatic heterocycles. The van der Waals surface area contributed by atoms with E-state index in [2.05, 4.69) is 11.4 Å². The Balaban J connectivity index is 2.00. The van der Waals surface area contributed by atoms with Crippen molar-refractivity contribution in [2.75, 3.05) is 11.4 Å². The van der Waals surface area contributed by atoms with Crippen molar-refractivity contribution in [3.05, 3.63) is 29.3 Å². The van der Waals surface area contributed by atoms with Gasteiger partial charge < -0.3 is 10.2 Å². The van der Waals surface area contributed by atoms with Gasteiger partial charge in [0.15, 0.2) is 0 Å². The summed E-state index contributed by atoms with van der Waals surface area (Å²) in [5.41, 5.74) is 2.54. The van der Waals surface area contributed by atoms with Crippen LogP contribution in [0, 0.1) is 13.8 Å². The van der Waals surface area contributed by atoms with Gasteiger partial charge in [-0.15, -0.1) is 0 Å². The largest absolute Gasteiger partial charge is 0.342 e. The maximum absolute atomic E-state index is 13.0. The van der Waals surface area contributed by atoms with Crippen molar-refractivity contribution in [2.45, 2.75) is 51.5 Å². The standard InChI is InChI=1S/C17H22N2O2/c1-12-9-13(2)11-14(10-12)19-8-5-15(20)18-17(16(19)21)6-3-4-7-17/h9-11H,3-8H2,1-2H3,(H,18,20). The molecule has 1 N–H and O–H groups in total. The number of carbonyl (C=O) groups excluding carboxylic acids is 2. The van der Waals surface area contributed by atoms with Gasteiger partial charge in [0.2, 0.25) is 5.91 Å². The highest BCUT2D eigenvalue weighted by Crippen LogP contribution is 2.35. The molecule has 112 valence electrons. The molecule has 0 radical (unpaired) electrons. The van der Waals surface area contributed by atoms with Crippen molar-refractivity contribution < 1.29 is 9.59 Å². The number of anilines is 1. The summed E-state index contributed by atoms with van der Waals surface area (Å²) in [6.45, 7) is 4.54. The minimum atomic E-state index is -0.661. The van der Waals surface area contributed by atoms with Crippen molar-refractivity contribution in [1.82, 2.24) is 5.32 Å². The van der Waals surface area contributed by atoms with Crippen LogP contribution in [0.25, 0.3) is 0 Å². The Morgan fingerprint density at radius 3 is 2.29 bits per heavy atom. The number of nitrogens with one attached hydrogen (secondary N) is 1. The first-order valence-electron chi connectivity index (χ1n) is 7.71. The highest BCUT2D eigenvalue weighted by atomic mass is 16.2. The molecule has 1 aliphatic carbocycles. The molecule has 4 heteroatoms. The topological polar surface area (TPSA) is 49.4 Å². The monoisotopic (exact) mass is 286 g/mol. The predicted octanol–water partition coefficient (Wildman–Crippen LogP) is 2.47. The van der Waals surface area contributed by atoms with E-state index in [4.69, 9.17) is 0 Å². The van der Waals surface area contributed by atoms with Gasteiger partial charge in [-0.25, -0.2) is 0 Å². The Morgan fingerprint density at radius 1 is 1.05 bits per heavy atom. The molecule has 3 rings (SSSR count). The summed E-state index contributed by atoms with van der Waals surface area (Å²) in [5.74, 6) is 0.0629. The smallest absolute Gasteiger partial charge is 0.252 e. The van der Waals surface area contributed by atoms with Gasteiger partial charge in [0.1, 0.15) is 5.54 Å². The molecule has 2 fully saturated rings. The van der Waals surface area contributed by atoms with Gasteiger partial charge in [-0.05, 0) is 49.9 Å². The summed E-state index contributed by atoms with van der Waals surface area (Å²) in [5, 5.41) is 3.00. The van der Waals surface area contributed by atoms with Crippen LogP contribution in [-0.2, 0) is 9.59 Å². The number of aryl methyl sites for hydroxylation is 2. The summed E-state index contributed by atoms with van der Waals surface area (Å²) < 4.78 is 0. The van der Waals surface area contributed by atoms with Crippen LogP contribution in [0.5, 0.6) is 0 Å². The van der Waals surface area contributed by atoms with Crippen molar-refractivity contribution in [1.29, 1.82) is 0 Å². The fourth-order valence-electron chi connectivity index (χ4n) is 3.63. The zero-order valence-electron chi connectivity index (χ0n) is 12.7. The summed E-state index contributed by atoms with van der Waals surface area (Å²) in [4.78, 5) is 26.9. The molecule has 4 nitrogen and oxygen atoms in total. The zero-order valence-corrected chi connectivity index (χ0v) is 12.7. The number of rotatable bonds is 1. The van der Waals surface area contributed by atoms with E-state index in [-0.39, 0.29) is 11.8 Å². The van der Waals surface area contributed by atoms with E-state index in [0.717, 1.165) is 42.5 Å². The third-order valence-corrected chi connectivity index (χ3v) is 4.57. The lowest BCUT2D eigenvalue weighted by molar-refractivity contribution is -0.129. The number of hydrogen-bond donors (Lipinski definition) is 1. The predicted molar refractivity (Wildman–Crippen MR) is 82.2 cm³/mol. The average Bonchev–Trinajstić information content (AvgIpc) is 2.82. The maximum atomic E-state index is 13.0. The third-order valence-electron chi connectivity index (χ3n) is 4.57. The van der Waals surface area contributed by atoms with Crippen LogP contribution in [0.4, 0.5) is 5.69 Å². The molecule has 1 heterocycles. The van der Waals surface area contributed by atoms with E-state index in [1.807, 2.05) is 30.9 Å². The van der Waals surface area contributed by atoms with Crippen LogP contribution < -0.4 is 10.2 Å². The normalized spacial score (nSPS) is 21.5. The minimum absolute atomic E-state index is 0.00266. The van der Waals surface area contributed by atoms with E-state index in [9.17, 15) is 9.59 Å². The van der Waals surface area contributed by atoms with Gasteiger partial charge in [0.25, 0.3) is 5.91 Å². The van der Waals surface area contributed by atoms with Crippen molar-refractivity contribution >= 4 is 17.5 Å². The van der Waals surface area contributed by atoms with Gasteiger partial charge in [-0.3, -0.25) is 9.59 Å². The fourth-order valence-corrected chi connectivity index (χ4v) is 3.63. The second-order valence-electron chi connectivity index (χ2n) is 6.39. The van der Waals surface area contributed by atoms with Crippen LogP contribution in [0.15, 0.2) is 18.2 Å². The molecule has 1 spiro atoms. The Hall–Kier alpha value is -1.84. The molecular weight excluding hydrogens is 264 g/mol. The maximum Gasteiger partial charge on any atom is 0.252 e. The summed E-state index contributed by atoms with van der Waals surface area (Å²) in [7, 11) is 0. The molecule has 1 saturated carbocycles. The van der Waals surface area contributed by atoms with Crippen LogP contribution in [0.3, 0.4) is 0 Å². The van der Waals surface area contributed by atoms with E-state index in [0.29, 0.717) is 13.0 Å². The second kappa shape index (κ2) is 5.17. The number of nitrogens with zero attached hydrogens (tertiary/aromatic N) is 1. The summed E-state index contributed by atoms with van der Waals surface area (Å²) in [6.07, 6.45) is 3.91. The fraction of sp³-hybridized carbons (Fsp3) is 0.529. The first-order chi connectivity index (χ1) is 10.00. The number of carbonyl (C=O) groups is 2. The molecular formula is C17H22N2O2. The van der Waals surface area contributed by atoms with Gasteiger partial charge in [-0.2, -0.15) is 0 Å². The summed E-state index contributed by atoms with van der Waals surface area (Å²) >= 11 is 0. The van der Waals surface area contributed by atoms with Crippen LogP contribution >= 0.6 is 0 Å². The lowest BCUT2D eigenvalue weighted by Crippen LogP contribution is -2.55. The van der Waals surface area contributed by atoms with Crippen molar-refractivity contribution in [2.24, 2.45) is 0 Å². The van der Waals surface area contributed by atoms with Gasteiger partial charge in [0, 0.05) is 18.7 Å². The van der Waals surface area contributed by atoms with E-state index in [1.54, 1.807) is 0 Å². The molecule has 1 aromatic carbocycles. The van der Waals surface area contributed by atoms with Gasteiger partial charge in [-0.1, -0.05) is 18.9 Å². The van der Waals surface area contributed by atoms with Crippen LogP contribution in [0.1, 0.15) is 43.2 Å². The molecule has 2 amide bonds. The third kappa shape index (κ3) is 2.55. The highest BCUT2D eigenvalue weighted by molar-refractivity contribution is 6.04. The van der Waals surface area contributed by atoms with Crippen LogP contribution in [0.2, 0.25) is 0 Å². The number of amides is 2. The SMILES string of the molecule is Cc1cc(C)cc(N2CCC(=O)NC3(CCCC3)C2=O)c1. The lowest BCUT2D eigenvalue weighted by atomic mass is 9.95. The highest BCUT2D eigenvalue weighted by Gasteiger charge is 2.46. The summed E-state index contributed by atoms with van der Waals surface area (Å²) in [6, 6.07) is 6.16.